The van der Waals surface area contributed by atoms with Crippen molar-refractivity contribution < 1.29 is 0 Å². The third-order valence-corrected chi connectivity index (χ3v) is 8.97. The maximum Gasteiger partial charge on any atom is 0.0452 e. The summed E-state index contributed by atoms with van der Waals surface area (Å²) < 4.78 is 0. The lowest BCUT2D eigenvalue weighted by atomic mass is 10.1. The average Bonchev–Trinajstić information content (AvgIpc) is 2.98. The second kappa shape index (κ2) is 14.5. The van der Waals surface area contributed by atoms with Crippen LogP contribution in [-0.2, 0) is 0 Å². The zero-order chi connectivity index (χ0) is 16.0. The number of rotatable bonds is 10. The molecule has 0 spiro atoms. The maximum absolute atomic E-state index is 2.64. The van der Waals surface area contributed by atoms with Crippen molar-refractivity contribution in [1.82, 2.24) is 9.80 Å². The summed E-state index contributed by atoms with van der Waals surface area (Å²) in [6.45, 7) is 2.65. The van der Waals surface area contributed by atoms with Gasteiger partial charge in [0.1, 0.15) is 0 Å². The highest BCUT2D eigenvalue weighted by Crippen LogP contribution is 2.19. The second-order valence-electron chi connectivity index (χ2n) is 6.41. The lowest BCUT2D eigenvalue weighted by Crippen LogP contribution is -2.23. The Morgan fingerprint density at radius 1 is 0.435 bits per heavy atom. The van der Waals surface area contributed by atoms with Crippen LogP contribution in [0.3, 0.4) is 0 Å². The molecular formula is C17H34N2S4. The van der Waals surface area contributed by atoms with Crippen molar-refractivity contribution >= 4 is 47.0 Å². The lowest BCUT2D eigenvalue weighted by molar-refractivity contribution is 0.357. The third-order valence-electron chi connectivity index (χ3n) is 4.29. The fraction of sp³-hybridized carbons (Fsp3) is 1.00. The largest absolute Gasteiger partial charge is 0.285 e. The Bertz CT molecular complexity index is 239. The van der Waals surface area contributed by atoms with Crippen molar-refractivity contribution in [2.45, 2.75) is 44.9 Å². The van der Waals surface area contributed by atoms with Crippen LogP contribution in [0.4, 0.5) is 0 Å². The van der Waals surface area contributed by atoms with Crippen LogP contribution in [0, 0.1) is 0 Å². The molecule has 0 aromatic heterocycles. The highest BCUT2D eigenvalue weighted by atomic mass is 32.2. The van der Waals surface area contributed by atoms with Crippen molar-refractivity contribution in [1.29, 1.82) is 0 Å². The SMILES string of the molecule is C(CCCCN1CSCCSC1)CCCCN1CSCCSC1. The smallest absolute Gasteiger partial charge is 0.0452 e. The molecular weight excluding hydrogens is 360 g/mol. The maximum atomic E-state index is 2.64. The molecule has 0 aromatic carbocycles. The Morgan fingerprint density at radius 2 is 0.739 bits per heavy atom. The molecule has 0 saturated carbocycles. The van der Waals surface area contributed by atoms with E-state index in [0.717, 1.165) is 0 Å². The molecule has 2 saturated heterocycles. The summed E-state index contributed by atoms with van der Waals surface area (Å²) in [5, 5.41) is 0. The second-order valence-corrected chi connectivity index (χ2v) is 10.7. The summed E-state index contributed by atoms with van der Waals surface area (Å²) in [4.78, 5) is 5.28. The van der Waals surface area contributed by atoms with Crippen LogP contribution >= 0.6 is 47.0 Å². The summed E-state index contributed by atoms with van der Waals surface area (Å²) in [5.41, 5.74) is 0. The van der Waals surface area contributed by atoms with E-state index < -0.39 is 0 Å². The van der Waals surface area contributed by atoms with E-state index in [2.05, 4.69) is 56.8 Å². The summed E-state index contributed by atoms with van der Waals surface area (Å²) >= 11 is 8.45. The van der Waals surface area contributed by atoms with Gasteiger partial charge in [-0.2, -0.15) is 0 Å². The minimum absolute atomic E-state index is 1.26. The average molecular weight is 395 g/mol. The van der Waals surface area contributed by atoms with Crippen molar-refractivity contribution in [3.05, 3.63) is 0 Å². The van der Waals surface area contributed by atoms with Gasteiger partial charge in [0.05, 0.1) is 0 Å². The molecule has 0 bridgehead atoms. The summed E-state index contributed by atoms with van der Waals surface area (Å²) in [7, 11) is 0. The van der Waals surface area contributed by atoms with Crippen molar-refractivity contribution in [3.8, 4) is 0 Å². The minimum Gasteiger partial charge on any atom is -0.285 e. The van der Waals surface area contributed by atoms with E-state index in [9.17, 15) is 0 Å². The summed E-state index contributed by atoms with van der Waals surface area (Å²) in [6.07, 6.45) is 10.0. The van der Waals surface area contributed by atoms with E-state index in [0.29, 0.717) is 0 Å². The fourth-order valence-electron chi connectivity index (χ4n) is 2.90. The van der Waals surface area contributed by atoms with Gasteiger partial charge in [-0.15, -0.1) is 47.0 Å². The first kappa shape index (κ1) is 20.6. The third kappa shape index (κ3) is 10.8. The zero-order valence-corrected chi connectivity index (χ0v) is 17.8. The van der Waals surface area contributed by atoms with Gasteiger partial charge in [-0.05, 0) is 25.9 Å². The summed E-state index contributed by atoms with van der Waals surface area (Å²) in [5.74, 6) is 10.4. The van der Waals surface area contributed by atoms with Crippen LogP contribution in [0.1, 0.15) is 44.9 Å². The van der Waals surface area contributed by atoms with Gasteiger partial charge in [-0.25, -0.2) is 0 Å². The van der Waals surface area contributed by atoms with E-state index in [1.54, 1.807) is 0 Å². The Morgan fingerprint density at radius 3 is 1.09 bits per heavy atom. The number of nitrogens with zero attached hydrogens (tertiary/aromatic N) is 2. The molecule has 2 rings (SSSR count). The van der Waals surface area contributed by atoms with Crippen LogP contribution in [0.5, 0.6) is 0 Å². The van der Waals surface area contributed by atoms with Crippen molar-refractivity contribution in [3.63, 3.8) is 0 Å². The Hall–Kier alpha value is 1.32. The van der Waals surface area contributed by atoms with Gasteiger partial charge < -0.3 is 0 Å². The Balaban J connectivity index is 1.33. The molecule has 0 aromatic rings. The predicted molar refractivity (Wildman–Crippen MR) is 115 cm³/mol. The molecule has 2 aliphatic heterocycles. The van der Waals surface area contributed by atoms with Crippen LogP contribution < -0.4 is 0 Å². The quantitative estimate of drug-likeness (QED) is 0.472. The highest BCUT2D eigenvalue weighted by Gasteiger charge is 2.09. The Kier molecular flexibility index (Phi) is 13.0. The number of unbranched alkanes of at least 4 members (excludes halogenated alkanes) is 6. The van der Waals surface area contributed by atoms with Crippen molar-refractivity contribution in [2.24, 2.45) is 0 Å². The molecule has 2 nitrogen and oxygen atoms in total. The van der Waals surface area contributed by atoms with Crippen LogP contribution in [0.2, 0.25) is 0 Å². The standard InChI is InChI=1S/C17H34N2S4/c1(2-4-6-8-18-14-20-10-11-21-15-18)3-5-7-9-19-16-22-12-13-23-17-19/h1-17H2. The van der Waals surface area contributed by atoms with Crippen molar-refractivity contribution in [2.75, 3.05) is 59.6 Å². The van der Waals surface area contributed by atoms with E-state index in [4.69, 9.17) is 0 Å². The molecule has 2 heterocycles. The highest BCUT2D eigenvalue weighted by molar-refractivity contribution is 8.03. The summed E-state index contributed by atoms with van der Waals surface area (Å²) in [6, 6.07) is 0. The molecule has 2 aliphatic rings. The van der Waals surface area contributed by atoms with Gasteiger partial charge in [-0.3, -0.25) is 9.80 Å². The fourth-order valence-corrected chi connectivity index (χ4v) is 7.45. The van der Waals surface area contributed by atoms with Crippen LogP contribution in [0.15, 0.2) is 0 Å². The molecule has 23 heavy (non-hydrogen) atoms. The molecule has 0 atom stereocenters. The first-order valence-corrected chi connectivity index (χ1v) is 13.8. The molecule has 0 aliphatic carbocycles. The number of hydrogen-bond donors (Lipinski definition) is 0. The molecule has 0 amide bonds. The first-order valence-electron chi connectivity index (χ1n) is 9.21. The number of thioether (sulfide) groups is 4. The zero-order valence-electron chi connectivity index (χ0n) is 14.5. The molecule has 6 heteroatoms. The normalized spacial score (nSPS) is 21.9. The molecule has 136 valence electrons. The topological polar surface area (TPSA) is 6.48 Å². The van der Waals surface area contributed by atoms with E-state index in [-0.39, 0.29) is 0 Å². The number of hydrogen-bond acceptors (Lipinski definition) is 6. The monoisotopic (exact) mass is 394 g/mol. The van der Waals surface area contributed by atoms with E-state index in [1.165, 1.54) is 105 Å². The van der Waals surface area contributed by atoms with Crippen LogP contribution in [-0.4, -0.2) is 69.4 Å². The Labute approximate surface area is 161 Å². The van der Waals surface area contributed by atoms with Gasteiger partial charge in [-0.1, -0.05) is 32.1 Å². The lowest BCUT2D eigenvalue weighted by Gasteiger charge is -2.18. The van der Waals surface area contributed by atoms with Gasteiger partial charge in [0.15, 0.2) is 0 Å². The van der Waals surface area contributed by atoms with E-state index >= 15 is 0 Å². The first-order chi connectivity index (χ1) is 11.4. The molecule has 0 N–H and O–H groups in total. The van der Waals surface area contributed by atoms with Gasteiger partial charge in [0.2, 0.25) is 0 Å². The molecule has 2 fully saturated rings. The van der Waals surface area contributed by atoms with Gasteiger partial charge in [0, 0.05) is 46.5 Å². The minimum atomic E-state index is 1.26. The van der Waals surface area contributed by atoms with Gasteiger partial charge >= 0.3 is 0 Å². The molecule has 0 radical (unpaired) electrons. The molecule has 0 unspecified atom stereocenters. The van der Waals surface area contributed by atoms with Gasteiger partial charge in [0.25, 0.3) is 0 Å². The van der Waals surface area contributed by atoms with E-state index in [1.807, 2.05) is 0 Å². The predicted octanol–water partition coefficient (Wildman–Crippen LogP) is 5.11. The van der Waals surface area contributed by atoms with Crippen LogP contribution in [0.25, 0.3) is 0 Å².